The second-order valence-electron chi connectivity index (χ2n) is 10.8. The zero-order valence-corrected chi connectivity index (χ0v) is 20.0. The minimum atomic E-state index is -0.719. The molecule has 3 aliphatic carbocycles. The summed E-state index contributed by atoms with van der Waals surface area (Å²) in [6.07, 6.45) is 12.6. The molecule has 3 atom stereocenters. The van der Waals surface area contributed by atoms with E-state index in [9.17, 15) is 24.9 Å². The van der Waals surface area contributed by atoms with Gasteiger partial charge in [0.25, 0.3) is 0 Å². The van der Waals surface area contributed by atoms with Crippen molar-refractivity contribution < 1.29 is 29.5 Å². The number of hydrogen-bond acceptors (Lipinski definition) is 6. The van der Waals surface area contributed by atoms with Gasteiger partial charge in [-0.3, -0.25) is 9.59 Å². The van der Waals surface area contributed by atoms with Crippen LogP contribution >= 0.6 is 0 Å². The van der Waals surface area contributed by atoms with Gasteiger partial charge >= 0.3 is 0 Å². The molecule has 0 aromatic rings. The van der Waals surface area contributed by atoms with Crippen molar-refractivity contribution in [3.63, 3.8) is 0 Å². The maximum atomic E-state index is 13.9. The number of ketones is 2. The van der Waals surface area contributed by atoms with Crippen LogP contribution in [-0.4, -0.2) is 62.8 Å². The molecular weight excluding hydrogens is 456 g/mol. The van der Waals surface area contributed by atoms with Crippen molar-refractivity contribution >= 4 is 17.8 Å². The van der Waals surface area contributed by atoms with E-state index in [2.05, 4.69) is 21.6 Å². The van der Waals surface area contributed by atoms with Gasteiger partial charge in [-0.1, -0.05) is 17.9 Å². The Hall–Kier alpha value is -3.29. The van der Waals surface area contributed by atoms with Gasteiger partial charge in [0.15, 0.2) is 18.1 Å². The number of allylic oxidation sites excluding steroid dienone is 6. The zero-order chi connectivity index (χ0) is 24.7. The molecule has 0 aromatic heterocycles. The number of Topliss-reactive ketones (excluding diaryl/α,β-unsaturated/α-hetero) is 2. The van der Waals surface area contributed by atoms with Crippen LogP contribution in [0.25, 0.3) is 0 Å². The molecule has 36 heavy (non-hydrogen) atoms. The Balaban J connectivity index is 1.41. The quantitative estimate of drug-likeness (QED) is 0.332. The molecule has 0 radical (unpaired) electrons. The highest BCUT2D eigenvalue weighted by molar-refractivity contribution is 6.54. The lowest BCUT2D eigenvalue weighted by Gasteiger charge is -2.41. The fourth-order valence-electron chi connectivity index (χ4n) is 7.29. The van der Waals surface area contributed by atoms with Crippen molar-refractivity contribution in [2.24, 2.45) is 5.92 Å². The SMILES string of the molecule is O=C1C(=O)/C(=C2/CC=[N+]3C=CCC4=C3C2CC(O)C4)C([O-])=C1C1=C2CC(O)CC3=C2N(CC=C3)CC1. The minimum absolute atomic E-state index is 0.00387. The number of carbonyl (C=O) groups excluding carboxylic acids is 2. The van der Waals surface area contributed by atoms with Crippen LogP contribution in [0.5, 0.6) is 0 Å². The number of carbonyl (C=O) groups is 2. The van der Waals surface area contributed by atoms with Gasteiger partial charge in [0, 0.05) is 61.2 Å². The molecule has 3 unspecified atom stereocenters. The molecule has 7 heteroatoms. The van der Waals surface area contributed by atoms with Crippen molar-refractivity contribution in [1.29, 1.82) is 0 Å². The maximum Gasteiger partial charge on any atom is 0.233 e. The number of hydrogen-bond donors (Lipinski definition) is 2. The van der Waals surface area contributed by atoms with E-state index in [4.69, 9.17) is 0 Å². The Bertz CT molecular complexity index is 1400. The molecule has 2 N–H and O–H groups in total. The van der Waals surface area contributed by atoms with Crippen molar-refractivity contribution in [2.45, 2.75) is 57.2 Å². The van der Waals surface area contributed by atoms with Gasteiger partial charge in [0.2, 0.25) is 11.6 Å². The van der Waals surface area contributed by atoms with E-state index in [-0.39, 0.29) is 17.1 Å². The second-order valence-corrected chi connectivity index (χ2v) is 10.8. The van der Waals surface area contributed by atoms with Gasteiger partial charge in [-0.15, -0.1) is 0 Å². The van der Waals surface area contributed by atoms with E-state index in [1.54, 1.807) is 0 Å². The van der Waals surface area contributed by atoms with Crippen LogP contribution in [0.4, 0.5) is 0 Å². The van der Waals surface area contributed by atoms with Gasteiger partial charge in [-0.05, 0) is 47.6 Å². The van der Waals surface area contributed by atoms with Crippen LogP contribution in [0.2, 0.25) is 0 Å². The lowest BCUT2D eigenvalue weighted by molar-refractivity contribution is -0.414. The Kier molecular flexibility index (Phi) is 4.79. The number of rotatable bonds is 1. The lowest BCUT2D eigenvalue weighted by atomic mass is 9.74. The summed E-state index contributed by atoms with van der Waals surface area (Å²) < 4.78 is 2.06. The fraction of sp³-hybridized carbons (Fsp3) is 0.414. The number of aliphatic hydroxyl groups excluding tert-OH is 2. The molecule has 0 aromatic carbocycles. The molecule has 7 rings (SSSR count). The third-order valence-corrected chi connectivity index (χ3v) is 8.70. The molecular formula is C29H28N2O5. The first-order chi connectivity index (χ1) is 17.4. The van der Waals surface area contributed by atoms with Crippen molar-refractivity contribution in [3.8, 4) is 0 Å². The van der Waals surface area contributed by atoms with Gasteiger partial charge in [0.1, 0.15) is 0 Å². The minimum Gasteiger partial charge on any atom is -0.871 e. The van der Waals surface area contributed by atoms with Crippen LogP contribution in [-0.2, 0) is 9.59 Å². The summed E-state index contributed by atoms with van der Waals surface area (Å²) in [5, 5.41) is 35.1. The third kappa shape index (κ3) is 3.02. The molecule has 0 saturated heterocycles. The first kappa shape index (κ1) is 21.9. The first-order valence-electron chi connectivity index (χ1n) is 12.9. The van der Waals surface area contributed by atoms with Crippen molar-refractivity contribution in [3.05, 3.63) is 80.6 Å². The Morgan fingerprint density at radius 3 is 2.67 bits per heavy atom. The molecule has 0 bridgehead atoms. The van der Waals surface area contributed by atoms with Gasteiger partial charge in [-0.2, -0.15) is 4.58 Å². The highest BCUT2D eigenvalue weighted by Crippen LogP contribution is 2.47. The summed E-state index contributed by atoms with van der Waals surface area (Å²) in [5.74, 6) is -2.16. The van der Waals surface area contributed by atoms with E-state index in [1.807, 2.05) is 18.5 Å². The van der Waals surface area contributed by atoms with Crippen molar-refractivity contribution in [1.82, 2.24) is 4.90 Å². The topological polar surface area (TPSA) is 104 Å². The van der Waals surface area contributed by atoms with Gasteiger partial charge in [0.05, 0.1) is 18.1 Å². The summed E-state index contributed by atoms with van der Waals surface area (Å²) in [5.41, 5.74) is 6.38. The molecule has 0 saturated carbocycles. The van der Waals surface area contributed by atoms with Crippen molar-refractivity contribution in [2.75, 3.05) is 13.1 Å². The van der Waals surface area contributed by atoms with E-state index >= 15 is 0 Å². The number of nitrogens with zero attached hydrogens (tertiary/aromatic N) is 2. The molecule has 0 amide bonds. The summed E-state index contributed by atoms with van der Waals surface area (Å²) in [6.45, 7) is 1.43. The maximum absolute atomic E-state index is 13.9. The second kappa shape index (κ2) is 7.85. The highest BCUT2D eigenvalue weighted by Gasteiger charge is 2.46. The Morgan fingerprint density at radius 1 is 0.972 bits per heavy atom. The molecule has 0 spiro atoms. The lowest BCUT2D eigenvalue weighted by Crippen LogP contribution is -2.37. The Labute approximate surface area is 209 Å². The zero-order valence-electron chi connectivity index (χ0n) is 20.0. The van der Waals surface area contributed by atoms with Crippen LogP contribution in [0.3, 0.4) is 0 Å². The smallest absolute Gasteiger partial charge is 0.233 e. The van der Waals surface area contributed by atoms with E-state index in [0.717, 1.165) is 41.1 Å². The number of aliphatic hydroxyl groups is 2. The summed E-state index contributed by atoms with van der Waals surface area (Å²) >= 11 is 0. The first-order valence-corrected chi connectivity index (χ1v) is 12.9. The Morgan fingerprint density at radius 2 is 1.81 bits per heavy atom. The molecule has 4 aliphatic heterocycles. The summed E-state index contributed by atoms with van der Waals surface area (Å²) in [4.78, 5) is 29.1. The largest absolute Gasteiger partial charge is 0.871 e. The summed E-state index contributed by atoms with van der Waals surface area (Å²) in [7, 11) is 0. The van der Waals surface area contributed by atoms with Gasteiger partial charge < -0.3 is 20.2 Å². The van der Waals surface area contributed by atoms with E-state index in [0.29, 0.717) is 56.2 Å². The average Bonchev–Trinajstić information content (AvgIpc) is 3.07. The predicted octanol–water partition coefficient (Wildman–Crippen LogP) is 1.46. The normalized spacial score (nSPS) is 33.6. The molecule has 7 aliphatic rings. The van der Waals surface area contributed by atoms with Crippen LogP contribution in [0, 0.1) is 5.92 Å². The standard InChI is InChI=1S/C29H28N2O5/c32-17-11-15-3-1-7-30-9-5-19(21(13-17)25(15)30)23-27(34)24(29(36)28(23)35)20-6-10-31-8-2-4-16-12-18(33)14-22(20)26(16)31/h1-3,8,10,17-18,22,32-33H,4-7,9,11-14H2/b24-20-. The third-order valence-electron chi connectivity index (χ3n) is 8.70. The molecule has 7 nitrogen and oxygen atoms in total. The average molecular weight is 485 g/mol. The van der Waals surface area contributed by atoms with Crippen LogP contribution in [0.15, 0.2) is 80.6 Å². The van der Waals surface area contributed by atoms with E-state index in [1.165, 1.54) is 0 Å². The monoisotopic (exact) mass is 484 g/mol. The molecule has 0 fully saturated rings. The fourth-order valence-corrected chi connectivity index (χ4v) is 7.29. The molecule has 184 valence electrons. The predicted molar refractivity (Wildman–Crippen MR) is 129 cm³/mol. The molecule has 4 heterocycles. The highest BCUT2D eigenvalue weighted by atomic mass is 16.3. The van der Waals surface area contributed by atoms with Gasteiger partial charge in [-0.25, -0.2) is 0 Å². The summed E-state index contributed by atoms with van der Waals surface area (Å²) in [6, 6.07) is 0. The van der Waals surface area contributed by atoms with Crippen LogP contribution in [0.1, 0.15) is 44.9 Å². The van der Waals surface area contributed by atoms with E-state index < -0.39 is 29.5 Å². The van der Waals surface area contributed by atoms with Crippen LogP contribution < -0.4 is 5.11 Å².